The average Bonchev–Trinajstić information content (AvgIpc) is 2.13. The van der Waals surface area contributed by atoms with Crippen molar-refractivity contribution in [3.8, 4) is 0 Å². The first kappa shape index (κ1) is 25.2. The summed E-state index contributed by atoms with van der Waals surface area (Å²) in [6.07, 6.45) is 0. The van der Waals surface area contributed by atoms with Gasteiger partial charge in [0, 0.05) is 0 Å². The third-order valence-corrected chi connectivity index (χ3v) is 6.18. The van der Waals surface area contributed by atoms with Crippen LogP contribution in [0.1, 0.15) is 0 Å². The van der Waals surface area contributed by atoms with E-state index in [1.807, 2.05) is 3.66 Å². The Morgan fingerprint density at radius 3 is 1.24 bits per heavy atom. The van der Waals surface area contributed by atoms with Crippen molar-refractivity contribution in [2.75, 3.05) is 0 Å². The molecule has 0 aromatic rings. The quantitative estimate of drug-likeness (QED) is 0.170. The molecule has 0 atom stereocenters. The topological polar surface area (TPSA) is 251 Å². The molecule has 0 radical (unpaired) electrons. The summed E-state index contributed by atoms with van der Waals surface area (Å²) in [4.78, 5) is 42.1. The first-order chi connectivity index (χ1) is 8.04. The minimum absolute atomic E-state index is 0. The minimum atomic E-state index is -12.1. The maximum absolute atomic E-state index is 12.1. The van der Waals surface area contributed by atoms with Gasteiger partial charge in [-0.15, -0.1) is 0 Å². The maximum atomic E-state index is 11.3. The van der Waals surface area contributed by atoms with Crippen LogP contribution in [0.4, 0.5) is 0 Å². The van der Waals surface area contributed by atoms with Crippen molar-refractivity contribution >= 4 is 59.1 Å². The Kier molecular flexibility index (Phi) is 6.14. The second-order valence-electron chi connectivity index (χ2n) is 2.36. The molecule has 0 unspecified atom stereocenters. The molecule has 0 aliphatic heterocycles. The van der Waals surface area contributed by atoms with E-state index < -0.39 is 29.8 Å². The monoisotopic (exact) mass is 430 g/mol. The molecule has 0 rings (SSSR count). The Labute approximate surface area is 151 Å². The van der Waals surface area contributed by atoms with Gasteiger partial charge in [0.05, 0.1) is 0 Å². The van der Waals surface area contributed by atoms with E-state index in [0.717, 1.165) is 0 Å². The summed E-state index contributed by atoms with van der Waals surface area (Å²) in [5, 5.41) is 34.7. The van der Waals surface area contributed by atoms with E-state index in [4.69, 9.17) is 0 Å². The van der Waals surface area contributed by atoms with Gasteiger partial charge >= 0.3 is 152 Å². The number of nitrogens with zero attached hydrogens (tertiary/aromatic N) is 4. The van der Waals surface area contributed by atoms with Crippen LogP contribution in [0, 0.1) is 40.5 Å². The van der Waals surface area contributed by atoms with E-state index in [0.29, 0.717) is 0 Å². The van der Waals surface area contributed by atoms with Crippen molar-refractivity contribution in [3.05, 3.63) is 40.5 Å². The fraction of sp³-hybridized carbons (Fsp3) is 0. The molecule has 0 aromatic heterocycles. The molecule has 0 spiro atoms. The number of nitro groups is 2. The molecule has 18 nitrogen and oxygen atoms in total. The van der Waals surface area contributed by atoms with Gasteiger partial charge in [0.2, 0.25) is 0 Å². The number of rotatable bonds is 7. The predicted octanol–water partition coefficient (Wildman–Crippen LogP) is -2.95. The molecular weight excluding hydrogens is 427 g/mol. The Morgan fingerprint density at radius 2 is 1.05 bits per heavy atom. The Bertz CT molecular complexity index is 764. The van der Waals surface area contributed by atoms with Crippen molar-refractivity contribution in [2.24, 2.45) is 0 Å². The molecule has 0 fully saturated rings. The van der Waals surface area contributed by atoms with E-state index >= 15 is 0 Å². The van der Waals surface area contributed by atoms with Crippen molar-refractivity contribution in [1.29, 1.82) is 0 Å². The van der Waals surface area contributed by atoms with Crippen LogP contribution in [0.3, 0.4) is 0 Å². The van der Waals surface area contributed by atoms with Crippen LogP contribution in [0.15, 0.2) is 0 Å². The van der Waals surface area contributed by atoms with E-state index in [9.17, 15) is 51.2 Å². The zero-order chi connectivity index (χ0) is 15.8. The Balaban J connectivity index is -0.00000162. The van der Waals surface area contributed by atoms with Crippen LogP contribution < -0.4 is 0 Å². The summed E-state index contributed by atoms with van der Waals surface area (Å²) in [6, 6.07) is 0. The number of hydrogen-bond donors (Lipinski definition) is 0. The molecule has 0 saturated carbocycles. The van der Waals surface area contributed by atoms with E-state index in [1.54, 1.807) is 0 Å². The summed E-state index contributed by atoms with van der Waals surface area (Å²) in [5.74, 6) is 0. The Morgan fingerprint density at radius 1 is 0.714 bits per heavy atom. The fourth-order valence-electron chi connectivity index (χ4n) is 0.369. The SMILES string of the molecule is O=[N+]([O-])O[O][Ru](=[O])(=[O])(=[O])([O][N+](=O)[O-])([N+](=O)[O-])[N+](=O)[O-].[NaH].[NaH]. The van der Waals surface area contributed by atoms with Gasteiger partial charge in [0.1, 0.15) is 0 Å². The van der Waals surface area contributed by atoms with Gasteiger partial charge in [0.15, 0.2) is 0 Å². The molecule has 0 aromatic carbocycles. The van der Waals surface area contributed by atoms with Crippen molar-refractivity contribution in [3.63, 3.8) is 0 Å². The molecule has 21 heavy (non-hydrogen) atoms. The summed E-state index contributed by atoms with van der Waals surface area (Å²) >= 11 is -12.1. The van der Waals surface area contributed by atoms with Gasteiger partial charge in [-0.05, 0) is 0 Å². The van der Waals surface area contributed by atoms with Gasteiger partial charge in [-0.25, -0.2) is 0 Å². The molecule has 0 aliphatic carbocycles. The average molecular weight is 429 g/mol. The van der Waals surface area contributed by atoms with Gasteiger partial charge in [-0.2, -0.15) is 0 Å². The molecule has 116 valence electrons. The van der Waals surface area contributed by atoms with Crippen molar-refractivity contribution < 1.29 is 52.9 Å². The third kappa shape index (κ3) is 3.51. The third-order valence-electron chi connectivity index (χ3n) is 1.09. The van der Waals surface area contributed by atoms with Crippen LogP contribution in [0.25, 0.3) is 0 Å². The summed E-state index contributed by atoms with van der Waals surface area (Å²) < 4.78 is 31.1. The molecule has 0 saturated heterocycles. The first-order valence-corrected chi connectivity index (χ1v) is 8.13. The summed E-state index contributed by atoms with van der Waals surface area (Å²) in [5.41, 5.74) is 0. The fourth-order valence-corrected chi connectivity index (χ4v) is 2.19. The van der Waals surface area contributed by atoms with Crippen LogP contribution in [0.5, 0.6) is 0 Å². The van der Waals surface area contributed by atoms with Gasteiger partial charge < -0.3 is 0 Å². The summed E-state index contributed by atoms with van der Waals surface area (Å²) in [6.45, 7) is 0. The second kappa shape index (κ2) is 5.12. The van der Waals surface area contributed by atoms with Gasteiger partial charge in [0.25, 0.3) is 0 Å². The van der Waals surface area contributed by atoms with E-state index in [1.165, 1.54) is 0 Å². The van der Waals surface area contributed by atoms with Crippen molar-refractivity contribution in [1.82, 2.24) is 0 Å². The van der Waals surface area contributed by atoms with Gasteiger partial charge in [-0.1, -0.05) is 0 Å². The van der Waals surface area contributed by atoms with Crippen LogP contribution in [0.2, 0.25) is 0 Å². The van der Waals surface area contributed by atoms with Crippen LogP contribution in [-0.2, 0) is 35.4 Å². The predicted molar refractivity (Wildman–Crippen MR) is 47.6 cm³/mol. The molecule has 0 aliphatic rings. The molecule has 21 heteroatoms. The summed E-state index contributed by atoms with van der Waals surface area (Å²) in [7, 11) is 0. The van der Waals surface area contributed by atoms with Crippen LogP contribution in [-0.4, -0.2) is 76.6 Å². The van der Waals surface area contributed by atoms with Crippen molar-refractivity contribution in [2.45, 2.75) is 0 Å². The number of hydrogen-bond acceptors (Lipinski definition) is 14. The van der Waals surface area contributed by atoms with Crippen LogP contribution >= 0.6 is 0 Å². The second-order valence-corrected chi connectivity index (χ2v) is 10.7. The zero-order valence-electron chi connectivity index (χ0n) is 7.86. The normalized spacial score (nSPS) is 15.1. The van der Waals surface area contributed by atoms with E-state index in [-0.39, 0.29) is 59.1 Å². The first-order valence-electron chi connectivity index (χ1n) is 3.03. The molecule has 0 N–H and O–H groups in total. The zero-order valence-corrected chi connectivity index (χ0v) is 9.60. The molecule has 0 amide bonds. The Hall–Kier alpha value is -0.817. The standard InChI is InChI=1S/HNO4.NO3.2NO2.2Na.3O.Ru.2H/c2-1(3)5-4;2-1(3)4;2*2-1-3;;;;;;;;/h4H;;;;;;;;;;;/q;-1;;;;;;;;+2;;/p-1. The molecular formula is H2N4Na2O14Ru. The molecule has 0 bridgehead atoms. The van der Waals surface area contributed by atoms with E-state index in [2.05, 4.69) is 8.70 Å². The molecule has 0 heterocycles. The van der Waals surface area contributed by atoms with Gasteiger partial charge in [-0.3, -0.25) is 0 Å².